The molecule has 0 aliphatic heterocycles. The molecular formula is C30H47NaO3S. The summed E-state index contributed by atoms with van der Waals surface area (Å²) in [4.78, 5) is -0.118. The monoisotopic (exact) mass is 510 g/mol. The van der Waals surface area contributed by atoms with Crippen molar-refractivity contribution in [1.29, 1.82) is 0 Å². The van der Waals surface area contributed by atoms with E-state index in [1.54, 1.807) is 6.07 Å². The summed E-state index contributed by atoms with van der Waals surface area (Å²) in [6, 6.07) is 9.33. The minimum Gasteiger partial charge on any atom is -0.744 e. The predicted octanol–water partition coefficient (Wildman–Crippen LogP) is 6.11. The molecule has 2 rings (SSSR count). The number of hydrogen-bond acceptors (Lipinski definition) is 3. The summed E-state index contributed by atoms with van der Waals surface area (Å²) < 4.78 is 34.8. The Balaban J connectivity index is 0.00000612. The summed E-state index contributed by atoms with van der Waals surface area (Å²) in [7, 11) is -4.44. The Hall–Kier alpha value is -0.390. The molecule has 2 aromatic rings. The maximum absolute atomic E-state index is 11.6. The summed E-state index contributed by atoms with van der Waals surface area (Å²) in [5.74, 6) is 0. The molecule has 0 aliphatic carbocycles. The van der Waals surface area contributed by atoms with Gasteiger partial charge in [-0.05, 0) is 59.7 Å². The maximum Gasteiger partial charge on any atom is 1.00 e. The van der Waals surface area contributed by atoms with Crippen molar-refractivity contribution in [2.24, 2.45) is 0 Å². The van der Waals surface area contributed by atoms with Crippen molar-refractivity contribution >= 4 is 20.9 Å². The van der Waals surface area contributed by atoms with Gasteiger partial charge in [-0.3, -0.25) is 0 Å². The van der Waals surface area contributed by atoms with Crippen molar-refractivity contribution in [3.8, 4) is 0 Å². The van der Waals surface area contributed by atoms with Crippen LogP contribution in [0.1, 0.15) is 128 Å². The van der Waals surface area contributed by atoms with Crippen molar-refractivity contribution in [2.45, 2.75) is 134 Å². The minimum absolute atomic E-state index is 0. The number of benzene rings is 2. The van der Waals surface area contributed by atoms with E-state index in [-0.39, 0.29) is 34.5 Å². The van der Waals surface area contributed by atoms with Crippen LogP contribution in [0.25, 0.3) is 10.8 Å². The third kappa shape index (κ3) is 13.1. The molecule has 5 heteroatoms. The number of hydrogen-bond donors (Lipinski definition) is 0. The van der Waals surface area contributed by atoms with Crippen LogP contribution in [0.5, 0.6) is 0 Å². The third-order valence-electron chi connectivity index (χ3n) is 6.98. The standard InChI is InChI=1S/C30H48O3S.Na/c1-3-5-7-9-11-13-15-17-19-26-23-27(20-18-16-14-12-10-8-6-4-2)30-25-29(34(31,32)33)22-21-28(30)24-26;/h21-25H,3-20H2,1-2H3,(H,31,32,33);/q;+1/p-1. The van der Waals surface area contributed by atoms with Gasteiger partial charge in [-0.2, -0.15) is 0 Å². The van der Waals surface area contributed by atoms with E-state index in [9.17, 15) is 13.0 Å². The average molecular weight is 511 g/mol. The zero-order chi connectivity index (χ0) is 24.7. The van der Waals surface area contributed by atoms with Crippen LogP contribution in [0.15, 0.2) is 35.2 Å². The molecule has 192 valence electrons. The van der Waals surface area contributed by atoms with E-state index in [4.69, 9.17) is 0 Å². The van der Waals surface area contributed by atoms with E-state index >= 15 is 0 Å². The second-order valence-corrected chi connectivity index (χ2v) is 11.4. The summed E-state index contributed by atoms with van der Waals surface area (Å²) in [5, 5.41) is 1.98. The van der Waals surface area contributed by atoms with Crippen LogP contribution < -0.4 is 29.6 Å². The number of unbranched alkanes of at least 4 members (excludes halogenated alkanes) is 14. The fourth-order valence-electron chi connectivity index (χ4n) is 4.90. The van der Waals surface area contributed by atoms with Gasteiger partial charge in [-0.1, -0.05) is 122 Å². The van der Waals surface area contributed by atoms with Crippen LogP contribution in [-0.2, 0) is 23.0 Å². The molecule has 0 N–H and O–H groups in total. The first-order valence-corrected chi connectivity index (χ1v) is 15.4. The zero-order valence-corrected chi connectivity index (χ0v) is 25.6. The van der Waals surface area contributed by atoms with Gasteiger partial charge in [0.1, 0.15) is 10.1 Å². The van der Waals surface area contributed by atoms with E-state index in [0.29, 0.717) is 0 Å². The largest absolute Gasteiger partial charge is 1.00 e. The first-order valence-electron chi connectivity index (χ1n) is 14.0. The molecular weight excluding hydrogens is 463 g/mol. The van der Waals surface area contributed by atoms with Crippen molar-refractivity contribution in [2.75, 3.05) is 0 Å². The second kappa shape index (κ2) is 18.8. The predicted molar refractivity (Wildman–Crippen MR) is 145 cm³/mol. The fraction of sp³-hybridized carbons (Fsp3) is 0.667. The van der Waals surface area contributed by atoms with E-state index in [0.717, 1.165) is 30.0 Å². The Kier molecular flexibility index (Phi) is 17.5. The average Bonchev–Trinajstić information content (AvgIpc) is 2.81. The van der Waals surface area contributed by atoms with Crippen molar-refractivity contribution in [1.82, 2.24) is 0 Å². The van der Waals surface area contributed by atoms with Crippen LogP contribution in [0.3, 0.4) is 0 Å². The summed E-state index contributed by atoms with van der Waals surface area (Å²) in [5.41, 5.74) is 2.54. The summed E-state index contributed by atoms with van der Waals surface area (Å²) in [6.07, 6.45) is 22.7. The molecule has 35 heavy (non-hydrogen) atoms. The van der Waals surface area contributed by atoms with Crippen molar-refractivity contribution < 1.29 is 42.5 Å². The molecule has 0 radical (unpaired) electrons. The van der Waals surface area contributed by atoms with Crippen LogP contribution in [0, 0.1) is 0 Å². The van der Waals surface area contributed by atoms with Gasteiger partial charge in [-0.25, -0.2) is 8.42 Å². The van der Waals surface area contributed by atoms with Crippen LogP contribution >= 0.6 is 0 Å². The Bertz CT molecular complexity index is 940. The zero-order valence-electron chi connectivity index (χ0n) is 22.7. The number of rotatable bonds is 19. The van der Waals surface area contributed by atoms with Crippen LogP contribution in [0.4, 0.5) is 0 Å². The molecule has 0 saturated carbocycles. The van der Waals surface area contributed by atoms with Crippen LogP contribution in [-0.4, -0.2) is 13.0 Å². The second-order valence-electron chi connectivity index (χ2n) is 10.0. The molecule has 0 atom stereocenters. The maximum atomic E-state index is 11.6. The first kappa shape index (κ1) is 32.6. The Morgan fingerprint density at radius 3 is 1.63 bits per heavy atom. The van der Waals surface area contributed by atoms with Gasteiger partial charge >= 0.3 is 29.6 Å². The molecule has 0 unspecified atom stereocenters. The van der Waals surface area contributed by atoms with E-state index in [1.165, 1.54) is 114 Å². The number of aryl methyl sites for hydroxylation is 2. The molecule has 0 fully saturated rings. The molecule has 0 heterocycles. The molecule has 0 bridgehead atoms. The molecule has 0 amide bonds. The fourth-order valence-corrected chi connectivity index (χ4v) is 5.40. The molecule has 0 spiro atoms. The van der Waals surface area contributed by atoms with Crippen molar-refractivity contribution in [3.63, 3.8) is 0 Å². The van der Waals surface area contributed by atoms with Gasteiger partial charge in [0.2, 0.25) is 0 Å². The van der Waals surface area contributed by atoms with Crippen molar-refractivity contribution in [3.05, 3.63) is 41.5 Å². The van der Waals surface area contributed by atoms with E-state index < -0.39 is 10.1 Å². The first-order chi connectivity index (χ1) is 16.5. The van der Waals surface area contributed by atoms with E-state index in [2.05, 4.69) is 26.0 Å². The number of fused-ring (bicyclic) bond motifs is 1. The van der Waals surface area contributed by atoms with Gasteiger partial charge in [0.15, 0.2) is 0 Å². The molecule has 0 saturated heterocycles. The topological polar surface area (TPSA) is 57.2 Å². The van der Waals surface area contributed by atoms with Gasteiger partial charge in [0.05, 0.1) is 4.90 Å². The molecule has 0 aromatic heterocycles. The van der Waals surface area contributed by atoms with Crippen LogP contribution in [0.2, 0.25) is 0 Å². The quantitative estimate of drug-likeness (QED) is 0.130. The Morgan fingerprint density at radius 1 is 0.629 bits per heavy atom. The molecule has 2 aromatic carbocycles. The normalized spacial score (nSPS) is 11.6. The third-order valence-corrected chi connectivity index (χ3v) is 7.81. The van der Waals surface area contributed by atoms with Gasteiger partial charge in [-0.15, -0.1) is 0 Å². The molecule has 0 aliphatic rings. The Morgan fingerprint density at radius 2 is 1.11 bits per heavy atom. The Labute approximate surface area is 237 Å². The summed E-state index contributed by atoms with van der Waals surface area (Å²) in [6.45, 7) is 4.50. The minimum atomic E-state index is -4.44. The summed E-state index contributed by atoms with van der Waals surface area (Å²) >= 11 is 0. The van der Waals surface area contributed by atoms with Gasteiger partial charge < -0.3 is 4.55 Å². The smallest absolute Gasteiger partial charge is 0.744 e. The van der Waals surface area contributed by atoms with Gasteiger partial charge in [0.25, 0.3) is 0 Å². The van der Waals surface area contributed by atoms with Gasteiger partial charge in [0, 0.05) is 0 Å². The molecule has 3 nitrogen and oxygen atoms in total. The SMILES string of the molecule is CCCCCCCCCCc1cc(CCCCCCCCCC)c2cc(S(=O)(=O)[O-])ccc2c1.[Na+]. The van der Waals surface area contributed by atoms with E-state index in [1.807, 2.05) is 6.07 Å².